The van der Waals surface area contributed by atoms with E-state index < -0.39 is 0 Å². The highest BCUT2D eigenvalue weighted by molar-refractivity contribution is 5.82. The van der Waals surface area contributed by atoms with E-state index in [4.69, 9.17) is 14.2 Å². The largest absolute Gasteiger partial charge is 0.492 e. The van der Waals surface area contributed by atoms with Crippen molar-refractivity contribution in [3.05, 3.63) is 29.8 Å². The van der Waals surface area contributed by atoms with E-state index in [2.05, 4.69) is 15.5 Å². The van der Waals surface area contributed by atoms with E-state index in [1.807, 2.05) is 24.3 Å². The Balaban J connectivity index is 1.45. The topological polar surface area (TPSA) is 72.1 Å². The highest BCUT2D eigenvalue weighted by Gasteiger charge is 2.21. The van der Waals surface area contributed by atoms with E-state index in [0.29, 0.717) is 32.9 Å². The lowest BCUT2D eigenvalue weighted by Gasteiger charge is -2.26. The Labute approximate surface area is 148 Å². The first-order valence-corrected chi connectivity index (χ1v) is 8.92. The van der Waals surface area contributed by atoms with Crippen molar-refractivity contribution in [1.82, 2.24) is 15.5 Å². The zero-order valence-electron chi connectivity index (χ0n) is 14.5. The molecule has 2 aliphatic heterocycles. The van der Waals surface area contributed by atoms with Crippen LogP contribution in [-0.2, 0) is 20.8 Å². The quantitative estimate of drug-likeness (QED) is 0.722. The molecule has 0 saturated carbocycles. The molecule has 0 bridgehead atoms. The molecule has 2 heterocycles. The Morgan fingerprint density at radius 1 is 1.24 bits per heavy atom. The van der Waals surface area contributed by atoms with Gasteiger partial charge in [0.1, 0.15) is 18.4 Å². The number of morpholine rings is 2. The smallest absolute Gasteiger partial charge is 0.239 e. The van der Waals surface area contributed by atoms with Gasteiger partial charge in [0.15, 0.2) is 0 Å². The lowest BCUT2D eigenvalue weighted by atomic mass is 10.2. The monoisotopic (exact) mass is 349 g/mol. The zero-order valence-corrected chi connectivity index (χ0v) is 14.5. The second kappa shape index (κ2) is 9.72. The standard InChI is InChI=1S/C18H27N3O4/c22-18(16-14-24-9-5-19-16)20-13-15-3-1-2-4-17(15)25-12-8-21-6-10-23-11-7-21/h1-4,16,19H,5-14H2,(H,20,22). The van der Waals surface area contributed by atoms with Crippen LogP contribution in [-0.4, -0.2) is 76.1 Å². The number of nitrogens with one attached hydrogen (secondary N) is 2. The second-order valence-corrected chi connectivity index (χ2v) is 6.21. The minimum atomic E-state index is -0.275. The number of ether oxygens (including phenoxy) is 3. The minimum Gasteiger partial charge on any atom is -0.492 e. The van der Waals surface area contributed by atoms with Crippen molar-refractivity contribution in [2.24, 2.45) is 0 Å². The fraction of sp³-hybridized carbons (Fsp3) is 0.611. The molecule has 2 N–H and O–H groups in total. The summed E-state index contributed by atoms with van der Waals surface area (Å²) < 4.78 is 16.6. The summed E-state index contributed by atoms with van der Waals surface area (Å²) in [5.41, 5.74) is 0.981. The van der Waals surface area contributed by atoms with Crippen LogP contribution in [0.5, 0.6) is 5.75 Å². The Morgan fingerprint density at radius 2 is 2.08 bits per heavy atom. The summed E-state index contributed by atoms with van der Waals surface area (Å²) in [5.74, 6) is 0.784. The zero-order chi connectivity index (χ0) is 17.3. The number of carbonyl (C=O) groups is 1. The molecule has 1 aromatic rings. The van der Waals surface area contributed by atoms with Gasteiger partial charge in [0.2, 0.25) is 5.91 Å². The summed E-state index contributed by atoms with van der Waals surface area (Å²) in [6.07, 6.45) is 0. The molecular formula is C18H27N3O4. The number of rotatable bonds is 7. The first-order chi connectivity index (χ1) is 12.3. The van der Waals surface area contributed by atoms with Crippen LogP contribution in [0.25, 0.3) is 0 Å². The van der Waals surface area contributed by atoms with E-state index in [0.717, 1.165) is 44.2 Å². The van der Waals surface area contributed by atoms with E-state index >= 15 is 0 Å². The normalized spacial score (nSPS) is 21.7. The number of hydrogen-bond donors (Lipinski definition) is 2. The number of nitrogens with zero attached hydrogens (tertiary/aromatic N) is 1. The van der Waals surface area contributed by atoms with E-state index in [1.54, 1.807) is 0 Å². The van der Waals surface area contributed by atoms with Gasteiger partial charge < -0.3 is 24.8 Å². The summed E-state index contributed by atoms with van der Waals surface area (Å²) >= 11 is 0. The maximum absolute atomic E-state index is 12.2. The van der Waals surface area contributed by atoms with Crippen molar-refractivity contribution < 1.29 is 19.0 Å². The van der Waals surface area contributed by atoms with Crippen molar-refractivity contribution in [1.29, 1.82) is 0 Å². The van der Waals surface area contributed by atoms with Crippen LogP contribution in [0.4, 0.5) is 0 Å². The number of amides is 1. The van der Waals surface area contributed by atoms with Crippen LogP contribution in [0, 0.1) is 0 Å². The van der Waals surface area contributed by atoms with Crippen LogP contribution in [0.1, 0.15) is 5.56 Å². The fourth-order valence-corrected chi connectivity index (χ4v) is 2.94. The molecule has 0 aliphatic carbocycles. The molecule has 7 nitrogen and oxygen atoms in total. The van der Waals surface area contributed by atoms with Crippen molar-refractivity contribution in [3.8, 4) is 5.75 Å². The third-order valence-electron chi connectivity index (χ3n) is 4.43. The third-order valence-corrected chi connectivity index (χ3v) is 4.43. The van der Waals surface area contributed by atoms with Crippen LogP contribution in [0.2, 0.25) is 0 Å². The molecule has 2 fully saturated rings. The molecule has 25 heavy (non-hydrogen) atoms. The summed E-state index contributed by atoms with van der Waals surface area (Å²) in [6.45, 7) is 7.24. The van der Waals surface area contributed by atoms with Crippen LogP contribution < -0.4 is 15.4 Å². The number of hydrogen-bond acceptors (Lipinski definition) is 6. The number of para-hydroxylation sites is 1. The van der Waals surface area contributed by atoms with Crippen LogP contribution >= 0.6 is 0 Å². The Bertz CT molecular complexity index is 543. The molecule has 7 heteroatoms. The van der Waals surface area contributed by atoms with Crippen LogP contribution in [0.3, 0.4) is 0 Å². The number of carbonyl (C=O) groups excluding carboxylic acids is 1. The first kappa shape index (κ1) is 18.1. The van der Waals surface area contributed by atoms with Gasteiger partial charge in [0.05, 0.1) is 26.4 Å². The van der Waals surface area contributed by atoms with E-state index in [-0.39, 0.29) is 11.9 Å². The number of benzene rings is 1. The molecule has 138 valence electrons. The third kappa shape index (κ3) is 5.67. The second-order valence-electron chi connectivity index (χ2n) is 6.21. The molecule has 1 amide bonds. The lowest BCUT2D eigenvalue weighted by Crippen LogP contribution is -2.51. The molecule has 1 atom stereocenters. The van der Waals surface area contributed by atoms with Crippen molar-refractivity contribution in [3.63, 3.8) is 0 Å². The molecule has 0 radical (unpaired) electrons. The molecule has 3 rings (SSSR count). The lowest BCUT2D eigenvalue weighted by molar-refractivity contribution is -0.126. The predicted molar refractivity (Wildman–Crippen MR) is 93.7 cm³/mol. The van der Waals surface area contributed by atoms with E-state index in [1.165, 1.54) is 0 Å². The average molecular weight is 349 g/mol. The first-order valence-electron chi connectivity index (χ1n) is 8.92. The summed E-state index contributed by atoms with van der Waals surface area (Å²) in [4.78, 5) is 14.5. The summed E-state index contributed by atoms with van der Waals surface area (Å²) in [6, 6.07) is 7.56. The van der Waals surface area contributed by atoms with Crippen LogP contribution in [0.15, 0.2) is 24.3 Å². The molecule has 1 aromatic carbocycles. The highest BCUT2D eigenvalue weighted by Crippen LogP contribution is 2.17. The maximum atomic E-state index is 12.2. The van der Waals surface area contributed by atoms with Gasteiger partial charge in [0, 0.05) is 38.3 Å². The summed E-state index contributed by atoms with van der Waals surface area (Å²) in [5, 5.41) is 6.12. The van der Waals surface area contributed by atoms with Crippen molar-refractivity contribution in [2.45, 2.75) is 12.6 Å². The molecule has 0 aromatic heterocycles. The van der Waals surface area contributed by atoms with Gasteiger partial charge in [0.25, 0.3) is 0 Å². The Kier molecular flexibility index (Phi) is 7.05. The Hall–Kier alpha value is -1.67. The molecule has 2 aliphatic rings. The average Bonchev–Trinajstić information content (AvgIpc) is 2.68. The van der Waals surface area contributed by atoms with Gasteiger partial charge in [-0.2, -0.15) is 0 Å². The van der Waals surface area contributed by atoms with Crippen molar-refractivity contribution in [2.75, 3.05) is 59.2 Å². The Morgan fingerprint density at radius 3 is 2.88 bits per heavy atom. The van der Waals surface area contributed by atoms with Crippen molar-refractivity contribution >= 4 is 5.91 Å². The molecule has 2 saturated heterocycles. The van der Waals surface area contributed by atoms with Gasteiger partial charge in [-0.3, -0.25) is 9.69 Å². The predicted octanol–water partition coefficient (Wildman–Crippen LogP) is 0.00220. The SMILES string of the molecule is O=C(NCc1ccccc1OCCN1CCOCC1)C1COCCN1. The fourth-order valence-electron chi connectivity index (χ4n) is 2.94. The van der Waals surface area contributed by atoms with Gasteiger partial charge in [-0.05, 0) is 6.07 Å². The minimum absolute atomic E-state index is 0.0391. The van der Waals surface area contributed by atoms with E-state index in [9.17, 15) is 4.79 Å². The molecule has 0 spiro atoms. The summed E-state index contributed by atoms with van der Waals surface area (Å²) in [7, 11) is 0. The molecule has 1 unspecified atom stereocenters. The highest BCUT2D eigenvalue weighted by atomic mass is 16.5. The van der Waals surface area contributed by atoms with Gasteiger partial charge in [-0.15, -0.1) is 0 Å². The molecular weight excluding hydrogens is 322 g/mol. The maximum Gasteiger partial charge on any atom is 0.239 e. The van der Waals surface area contributed by atoms with Gasteiger partial charge in [-0.25, -0.2) is 0 Å². The van der Waals surface area contributed by atoms with Gasteiger partial charge in [-0.1, -0.05) is 18.2 Å². The van der Waals surface area contributed by atoms with Gasteiger partial charge >= 0.3 is 0 Å².